The van der Waals surface area contributed by atoms with E-state index in [4.69, 9.17) is 5.11 Å². The van der Waals surface area contributed by atoms with Crippen LogP contribution >= 0.6 is 0 Å². The third-order valence-corrected chi connectivity index (χ3v) is 2.51. The number of hydrogen-bond donors (Lipinski definition) is 1. The number of halogens is 3. The SMILES string of the molecule is O=C(O)c1ccc(C(F)(F)F)c(-c2ccccn2)c1. The number of alkyl halides is 3. The molecule has 1 aromatic carbocycles. The summed E-state index contributed by atoms with van der Waals surface area (Å²) in [5.41, 5.74) is -1.28. The Morgan fingerprint density at radius 3 is 2.42 bits per heavy atom. The lowest BCUT2D eigenvalue weighted by atomic mass is 10.0. The van der Waals surface area contributed by atoms with Crippen LogP contribution < -0.4 is 0 Å². The second kappa shape index (κ2) is 4.72. The van der Waals surface area contributed by atoms with Gasteiger partial charge in [0.05, 0.1) is 16.8 Å². The number of aromatic nitrogens is 1. The molecule has 19 heavy (non-hydrogen) atoms. The number of carbonyl (C=O) groups is 1. The number of hydrogen-bond acceptors (Lipinski definition) is 2. The van der Waals surface area contributed by atoms with Crippen LogP contribution in [0.5, 0.6) is 0 Å². The Hall–Kier alpha value is -2.37. The van der Waals surface area contributed by atoms with Gasteiger partial charge in [0.15, 0.2) is 0 Å². The molecule has 0 unspecified atom stereocenters. The fraction of sp³-hybridized carbons (Fsp3) is 0.0769. The number of aromatic carboxylic acids is 1. The summed E-state index contributed by atoms with van der Waals surface area (Å²) in [6.45, 7) is 0. The molecule has 1 aromatic heterocycles. The fourth-order valence-electron chi connectivity index (χ4n) is 1.66. The molecule has 0 aliphatic carbocycles. The third-order valence-electron chi connectivity index (χ3n) is 2.51. The lowest BCUT2D eigenvalue weighted by Crippen LogP contribution is -2.09. The maximum atomic E-state index is 12.9. The van der Waals surface area contributed by atoms with E-state index in [1.807, 2.05) is 0 Å². The van der Waals surface area contributed by atoms with Gasteiger partial charge in [-0.2, -0.15) is 13.2 Å². The van der Waals surface area contributed by atoms with Crippen molar-refractivity contribution in [2.45, 2.75) is 6.18 Å². The average molecular weight is 267 g/mol. The van der Waals surface area contributed by atoms with Crippen molar-refractivity contribution in [3.63, 3.8) is 0 Å². The highest BCUT2D eigenvalue weighted by atomic mass is 19.4. The Kier molecular flexibility index (Phi) is 3.25. The number of carboxylic acid groups (broad SMARTS) is 1. The smallest absolute Gasteiger partial charge is 0.417 e. The lowest BCUT2D eigenvalue weighted by Gasteiger charge is -2.13. The van der Waals surface area contributed by atoms with Crippen LogP contribution in [0, 0.1) is 0 Å². The summed E-state index contributed by atoms with van der Waals surface area (Å²) < 4.78 is 38.7. The van der Waals surface area contributed by atoms with Crippen molar-refractivity contribution < 1.29 is 23.1 Å². The minimum atomic E-state index is -4.57. The van der Waals surface area contributed by atoms with Gasteiger partial charge in [-0.1, -0.05) is 6.07 Å². The summed E-state index contributed by atoms with van der Waals surface area (Å²) in [5.74, 6) is -1.29. The van der Waals surface area contributed by atoms with Gasteiger partial charge in [0.2, 0.25) is 0 Å². The molecule has 3 nitrogen and oxygen atoms in total. The van der Waals surface area contributed by atoms with Gasteiger partial charge in [0.1, 0.15) is 0 Å². The van der Waals surface area contributed by atoms with Gasteiger partial charge in [0, 0.05) is 11.8 Å². The average Bonchev–Trinajstić information content (AvgIpc) is 2.38. The van der Waals surface area contributed by atoms with E-state index < -0.39 is 17.7 Å². The van der Waals surface area contributed by atoms with Crippen LogP contribution in [0.15, 0.2) is 42.6 Å². The molecule has 2 rings (SSSR count). The molecule has 98 valence electrons. The quantitative estimate of drug-likeness (QED) is 0.906. The molecule has 1 heterocycles. The third kappa shape index (κ3) is 2.73. The zero-order valence-electron chi connectivity index (χ0n) is 9.48. The summed E-state index contributed by atoms with van der Waals surface area (Å²) in [5, 5.41) is 8.85. The Labute approximate surface area is 106 Å². The number of benzene rings is 1. The maximum absolute atomic E-state index is 12.9. The normalized spacial score (nSPS) is 11.3. The second-order valence-corrected chi connectivity index (χ2v) is 3.78. The van der Waals surface area contributed by atoms with Gasteiger partial charge in [0.25, 0.3) is 0 Å². The maximum Gasteiger partial charge on any atom is 0.417 e. The molecule has 0 amide bonds. The Balaban J connectivity index is 2.67. The number of pyridine rings is 1. The standard InChI is InChI=1S/C13H8F3NO2/c14-13(15,16)10-5-4-8(12(18)19)7-9(10)11-3-1-2-6-17-11/h1-7H,(H,18,19). The predicted molar refractivity (Wildman–Crippen MR) is 61.6 cm³/mol. The van der Waals surface area contributed by atoms with Gasteiger partial charge in [-0.3, -0.25) is 4.98 Å². The number of nitrogens with zero attached hydrogens (tertiary/aromatic N) is 1. The molecule has 1 N–H and O–H groups in total. The van der Waals surface area contributed by atoms with Crippen LogP contribution in [0.1, 0.15) is 15.9 Å². The molecule has 6 heteroatoms. The minimum absolute atomic E-state index is 0.0814. The minimum Gasteiger partial charge on any atom is -0.478 e. The summed E-state index contributed by atoms with van der Waals surface area (Å²) >= 11 is 0. The van der Waals surface area contributed by atoms with Crippen molar-refractivity contribution >= 4 is 5.97 Å². The van der Waals surface area contributed by atoms with E-state index in [1.165, 1.54) is 18.3 Å². The van der Waals surface area contributed by atoms with Gasteiger partial charge >= 0.3 is 12.1 Å². The fourth-order valence-corrected chi connectivity index (χ4v) is 1.66. The van der Waals surface area contributed by atoms with E-state index in [0.29, 0.717) is 0 Å². The van der Waals surface area contributed by atoms with E-state index in [-0.39, 0.29) is 16.8 Å². The highest BCUT2D eigenvalue weighted by Crippen LogP contribution is 2.36. The zero-order valence-corrected chi connectivity index (χ0v) is 9.48. The van der Waals surface area contributed by atoms with Gasteiger partial charge in [-0.25, -0.2) is 4.79 Å². The van der Waals surface area contributed by atoms with Gasteiger partial charge < -0.3 is 5.11 Å². The largest absolute Gasteiger partial charge is 0.478 e. The van der Waals surface area contributed by atoms with E-state index >= 15 is 0 Å². The first kappa shape index (κ1) is 13.1. The molecule has 0 radical (unpaired) electrons. The van der Waals surface area contributed by atoms with Crippen LogP contribution in [0.4, 0.5) is 13.2 Å². The molecule has 0 saturated heterocycles. The van der Waals surface area contributed by atoms with Crippen molar-refractivity contribution in [2.24, 2.45) is 0 Å². The molecular weight excluding hydrogens is 259 g/mol. The Bertz CT molecular complexity index is 609. The van der Waals surface area contributed by atoms with Crippen LogP contribution in [-0.2, 0) is 6.18 Å². The molecule has 0 aliphatic heterocycles. The van der Waals surface area contributed by atoms with Gasteiger partial charge in [-0.15, -0.1) is 0 Å². The lowest BCUT2D eigenvalue weighted by molar-refractivity contribution is -0.137. The van der Waals surface area contributed by atoms with Crippen LogP contribution in [0.3, 0.4) is 0 Å². The highest BCUT2D eigenvalue weighted by Gasteiger charge is 2.34. The van der Waals surface area contributed by atoms with E-state index in [0.717, 1.165) is 18.2 Å². The Morgan fingerprint density at radius 2 is 1.89 bits per heavy atom. The Morgan fingerprint density at radius 1 is 1.16 bits per heavy atom. The summed E-state index contributed by atoms with van der Waals surface area (Å²) in [4.78, 5) is 14.7. The van der Waals surface area contributed by atoms with Crippen molar-refractivity contribution in [3.8, 4) is 11.3 Å². The number of rotatable bonds is 2. The molecule has 0 bridgehead atoms. The molecule has 0 fully saturated rings. The van der Waals surface area contributed by atoms with E-state index in [1.54, 1.807) is 6.07 Å². The summed E-state index contributed by atoms with van der Waals surface area (Å²) in [7, 11) is 0. The second-order valence-electron chi connectivity index (χ2n) is 3.78. The molecule has 2 aromatic rings. The molecule has 0 atom stereocenters. The van der Waals surface area contributed by atoms with Crippen molar-refractivity contribution in [1.29, 1.82) is 0 Å². The molecule has 0 spiro atoms. The number of carboxylic acids is 1. The molecule has 0 saturated carbocycles. The monoisotopic (exact) mass is 267 g/mol. The summed E-state index contributed by atoms with van der Waals surface area (Å²) in [6.07, 6.45) is -3.22. The summed E-state index contributed by atoms with van der Waals surface area (Å²) in [6, 6.07) is 7.17. The van der Waals surface area contributed by atoms with Crippen LogP contribution in [-0.4, -0.2) is 16.1 Å². The first-order valence-electron chi connectivity index (χ1n) is 5.25. The zero-order chi connectivity index (χ0) is 14.0. The van der Waals surface area contributed by atoms with Crippen LogP contribution in [0.25, 0.3) is 11.3 Å². The topological polar surface area (TPSA) is 50.2 Å². The van der Waals surface area contributed by atoms with Crippen molar-refractivity contribution in [2.75, 3.05) is 0 Å². The van der Waals surface area contributed by atoms with Crippen molar-refractivity contribution in [3.05, 3.63) is 53.7 Å². The van der Waals surface area contributed by atoms with Crippen molar-refractivity contribution in [1.82, 2.24) is 4.98 Å². The van der Waals surface area contributed by atoms with Crippen LogP contribution in [0.2, 0.25) is 0 Å². The molecular formula is C13H8F3NO2. The van der Waals surface area contributed by atoms with E-state index in [9.17, 15) is 18.0 Å². The first-order chi connectivity index (χ1) is 8.89. The predicted octanol–water partition coefficient (Wildman–Crippen LogP) is 3.47. The van der Waals surface area contributed by atoms with E-state index in [2.05, 4.69) is 4.98 Å². The highest BCUT2D eigenvalue weighted by molar-refractivity contribution is 5.89. The molecule has 0 aliphatic rings. The van der Waals surface area contributed by atoms with Gasteiger partial charge in [-0.05, 0) is 30.3 Å². The first-order valence-corrected chi connectivity index (χ1v) is 5.25.